The smallest absolute Gasteiger partial charge is 0.388 e. The highest BCUT2D eigenvalue weighted by molar-refractivity contribution is 5.47. The van der Waals surface area contributed by atoms with Gasteiger partial charge in [-0.05, 0) is 12.8 Å². The first-order valence-corrected chi connectivity index (χ1v) is 6.13. The zero-order valence-electron chi connectivity index (χ0n) is 11.3. The third kappa shape index (κ3) is 4.20. The average molecular weight is 293 g/mol. The second-order valence-corrected chi connectivity index (χ2v) is 4.39. The van der Waals surface area contributed by atoms with Crippen molar-refractivity contribution in [3.63, 3.8) is 0 Å². The number of halogens is 3. The number of nitrogens with one attached hydrogen (secondary N) is 2. The topological polar surface area (TPSA) is 96.1 Å². The first-order valence-electron chi connectivity index (χ1n) is 6.13. The Balaban J connectivity index is 2.95. The van der Waals surface area contributed by atoms with Gasteiger partial charge in [0.25, 0.3) is 0 Å². The second-order valence-electron chi connectivity index (χ2n) is 4.39. The monoisotopic (exact) mass is 293 g/mol. The molecule has 0 amide bonds. The minimum Gasteiger partial charge on any atom is -0.388 e. The zero-order valence-corrected chi connectivity index (χ0v) is 11.3. The molecule has 0 aliphatic rings. The van der Waals surface area contributed by atoms with Crippen LogP contribution in [0, 0.1) is 0 Å². The molecule has 0 saturated carbocycles. The fraction of sp³-hybridized carbons (Fsp3) is 0.636. The van der Waals surface area contributed by atoms with Crippen LogP contribution in [0.5, 0.6) is 0 Å². The van der Waals surface area contributed by atoms with Crippen molar-refractivity contribution in [3.05, 3.63) is 11.9 Å². The van der Waals surface area contributed by atoms with Crippen molar-refractivity contribution in [2.24, 2.45) is 5.84 Å². The fourth-order valence-corrected chi connectivity index (χ4v) is 1.49. The number of nitrogen functional groups attached to an aromatic ring is 1. The Kier molecular flexibility index (Phi) is 5.12. The fourth-order valence-electron chi connectivity index (χ4n) is 1.49. The maximum atomic E-state index is 12.6. The molecule has 0 spiro atoms. The van der Waals surface area contributed by atoms with Crippen LogP contribution in [0.15, 0.2) is 6.07 Å². The summed E-state index contributed by atoms with van der Waals surface area (Å²) in [5.41, 5.74) is 1.05. The number of aromatic nitrogens is 2. The van der Waals surface area contributed by atoms with Gasteiger partial charge < -0.3 is 15.8 Å². The van der Waals surface area contributed by atoms with Crippen LogP contribution in [0.2, 0.25) is 0 Å². The number of hydrazine groups is 1. The van der Waals surface area contributed by atoms with E-state index < -0.39 is 17.6 Å². The molecule has 6 nitrogen and oxygen atoms in total. The van der Waals surface area contributed by atoms with Crippen molar-refractivity contribution in [2.45, 2.75) is 38.5 Å². The second kappa shape index (κ2) is 6.23. The van der Waals surface area contributed by atoms with E-state index in [0.29, 0.717) is 12.8 Å². The lowest BCUT2D eigenvalue weighted by atomic mass is 9.98. The van der Waals surface area contributed by atoms with Crippen molar-refractivity contribution in [1.29, 1.82) is 0 Å². The molecule has 0 fully saturated rings. The van der Waals surface area contributed by atoms with Gasteiger partial charge in [-0.3, -0.25) is 0 Å². The number of anilines is 2. The van der Waals surface area contributed by atoms with Crippen LogP contribution in [0.25, 0.3) is 0 Å². The van der Waals surface area contributed by atoms with Crippen molar-refractivity contribution in [2.75, 3.05) is 17.3 Å². The van der Waals surface area contributed by atoms with E-state index in [1.54, 1.807) is 13.8 Å². The highest BCUT2D eigenvalue weighted by Crippen LogP contribution is 2.28. The van der Waals surface area contributed by atoms with Crippen LogP contribution in [-0.4, -0.2) is 27.2 Å². The molecular formula is C11H18F3N5O. The molecule has 114 valence electrons. The molecule has 0 atom stereocenters. The molecule has 1 heterocycles. The maximum absolute atomic E-state index is 12.6. The van der Waals surface area contributed by atoms with Gasteiger partial charge in [-0.15, -0.1) is 0 Å². The van der Waals surface area contributed by atoms with Gasteiger partial charge in [0, 0.05) is 12.6 Å². The molecule has 0 bridgehead atoms. The quantitative estimate of drug-likeness (QED) is 0.471. The molecule has 0 aromatic carbocycles. The molecule has 1 rings (SSSR count). The van der Waals surface area contributed by atoms with E-state index in [1.165, 1.54) is 6.07 Å². The van der Waals surface area contributed by atoms with E-state index in [2.05, 4.69) is 20.7 Å². The summed E-state index contributed by atoms with van der Waals surface area (Å²) in [6.07, 6.45) is -3.74. The number of alkyl halides is 3. The van der Waals surface area contributed by atoms with Crippen LogP contribution < -0.4 is 16.6 Å². The van der Waals surface area contributed by atoms with Gasteiger partial charge in [0.15, 0.2) is 0 Å². The standard InChI is InChI=1S/C11H18F3N5O/c1-3-10(20,4-2)6-16-7-5-8(19-15)18-9(17-7)11(12,13)14/h5,20H,3-4,6,15H2,1-2H3,(H2,16,17,18,19). The Morgan fingerprint density at radius 2 is 1.75 bits per heavy atom. The normalized spacial score (nSPS) is 12.3. The van der Waals surface area contributed by atoms with E-state index in [-0.39, 0.29) is 18.2 Å². The Labute approximate surface area is 114 Å². The average Bonchev–Trinajstić information content (AvgIpc) is 2.43. The summed E-state index contributed by atoms with van der Waals surface area (Å²) in [6.45, 7) is 3.66. The number of hydrogen-bond acceptors (Lipinski definition) is 6. The van der Waals surface area contributed by atoms with Gasteiger partial charge in [0.2, 0.25) is 5.82 Å². The van der Waals surface area contributed by atoms with Gasteiger partial charge >= 0.3 is 6.18 Å². The highest BCUT2D eigenvalue weighted by Gasteiger charge is 2.35. The summed E-state index contributed by atoms with van der Waals surface area (Å²) in [7, 11) is 0. The predicted octanol–water partition coefficient (Wildman–Crippen LogP) is 1.74. The lowest BCUT2D eigenvalue weighted by Gasteiger charge is -2.25. The van der Waals surface area contributed by atoms with Crippen molar-refractivity contribution < 1.29 is 18.3 Å². The summed E-state index contributed by atoms with van der Waals surface area (Å²) in [6, 6.07) is 1.24. The summed E-state index contributed by atoms with van der Waals surface area (Å²) in [5, 5.41) is 12.8. The first-order chi connectivity index (χ1) is 9.24. The Hall–Kier alpha value is -1.61. The largest absolute Gasteiger partial charge is 0.451 e. The van der Waals surface area contributed by atoms with Crippen LogP contribution >= 0.6 is 0 Å². The van der Waals surface area contributed by atoms with Crippen molar-refractivity contribution >= 4 is 11.6 Å². The third-order valence-corrected chi connectivity index (χ3v) is 3.04. The minimum atomic E-state index is -4.67. The molecule has 9 heteroatoms. The predicted molar refractivity (Wildman–Crippen MR) is 68.9 cm³/mol. The molecule has 5 N–H and O–H groups in total. The molecule has 20 heavy (non-hydrogen) atoms. The Morgan fingerprint density at radius 3 is 2.20 bits per heavy atom. The number of nitrogens with zero attached hydrogens (tertiary/aromatic N) is 2. The van der Waals surface area contributed by atoms with Gasteiger partial charge in [0.1, 0.15) is 11.6 Å². The lowest BCUT2D eigenvalue weighted by Crippen LogP contribution is -2.35. The molecule has 0 radical (unpaired) electrons. The van der Waals surface area contributed by atoms with Crippen LogP contribution in [0.4, 0.5) is 24.8 Å². The number of nitrogens with two attached hydrogens (primary N) is 1. The van der Waals surface area contributed by atoms with E-state index in [1.807, 2.05) is 0 Å². The van der Waals surface area contributed by atoms with E-state index in [0.717, 1.165) is 0 Å². The van der Waals surface area contributed by atoms with Gasteiger partial charge in [-0.1, -0.05) is 13.8 Å². The molecule has 1 aromatic heterocycles. The van der Waals surface area contributed by atoms with Gasteiger partial charge in [-0.2, -0.15) is 13.2 Å². The summed E-state index contributed by atoms with van der Waals surface area (Å²) in [5.74, 6) is 3.57. The molecule has 0 saturated heterocycles. The van der Waals surface area contributed by atoms with Crippen LogP contribution in [-0.2, 0) is 6.18 Å². The van der Waals surface area contributed by atoms with E-state index >= 15 is 0 Å². The van der Waals surface area contributed by atoms with E-state index in [9.17, 15) is 18.3 Å². The van der Waals surface area contributed by atoms with Gasteiger partial charge in [0.05, 0.1) is 5.60 Å². The minimum absolute atomic E-state index is 0.0550. The number of rotatable bonds is 6. The Bertz CT molecular complexity index is 448. The zero-order chi connectivity index (χ0) is 15.4. The summed E-state index contributed by atoms with van der Waals surface area (Å²) < 4.78 is 37.9. The summed E-state index contributed by atoms with van der Waals surface area (Å²) in [4.78, 5) is 6.60. The molecule has 1 aromatic rings. The first kappa shape index (κ1) is 16.4. The lowest BCUT2D eigenvalue weighted by molar-refractivity contribution is -0.144. The highest BCUT2D eigenvalue weighted by atomic mass is 19.4. The van der Waals surface area contributed by atoms with Crippen LogP contribution in [0.1, 0.15) is 32.5 Å². The molecule has 0 unspecified atom stereocenters. The molecule has 0 aliphatic carbocycles. The van der Waals surface area contributed by atoms with Crippen LogP contribution in [0.3, 0.4) is 0 Å². The number of hydrogen-bond donors (Lipinski definition) is 4. The van der Waals surface area contributed by atoms with Crippen molar-refractivity contribution in [3.8, 4) is 0 Å². The van der Waals surface area contributed by atoms with E-state index in [4.69, 9.17) is 5.84 Å². The molecule has 0 aliphatic heterocycles. The number of aliphatic hydroxyl groups is 1. The van der Waals surface area contributed by atoms with Gasteiger partial charge in [-0.25, -0.2) is 15.8 Å². The maximum Gasteiger partial charge on any atom is 0.451 e. The SMILES string of the molecule is CCC(O)(CC)CNc1cc(NN)nc(C(F)(F)F)n1. The summed E-state index contributed by atoms with van der Waals surface area (Å²) >= 11 is 0. The van der Waals surface area contributed by atoms with Crippen molar-refractivity contribution in [1.82, 2.24) is 9.97 Å². The Morgan fingerprint density at radius 1 is 1.20 bits per heavy atom. The molecular weight excluding hydrogens is 275 g/mol. The third-order valence-electron chi connectivity index (χ3n) is 3.04.